The Balaban J connectivity index is 1.36. The van der Waals surface area contributed by atoms with Crippen LogP contribution in [0.1, 0.15) is 118 Å². The van der Waals surface area contributed by atoms with Crippen molar-refractivity contribution in [1.29, 1.82) is 0 Å². The van der Waals surface area contributed by atoms with E-state index in [4.69, 9.17) is 14.5 Å². The van der Waals surface area contributed by atoms with Gasteiger partial charge in [-0.2, -0.15) is 0 Å². The van der Waals surface area contributed by atoms with Crippen LogP contribution in [-0.4, -0.2) is 28.0 Å². The fourth-order valence-electron chi connectivity index (χ4n) is 9.43. The van der Waals surface area contributed by atoms with Gasteiger partial charge in [0.2, 0.25) is 0 Å². The second kappa shape index (κ2) is 11.5. The molecule has 4 rings (SSSR count). The van der Waals surface area contributed by atoms with Gasteiger partial charge >= 0.3 is 13.6 Å². The number of hydrogen-bond acceptors (Lipinski definition) is 3. The summed E-state index contributed by atoms with van der Waals surface area (Å²) in [6.07, 6.45) is 16.1. The molecular weight excluding hydrogens is 483 g/mol. The molecular formula is C31H53O5P. The average molecular weight is 537 g/mol. The van der Waals surface area contributed by atoms with Crippen molar-refractivity contribution < 1.29 is 23.9 Å². The molecule has 0 aliphatic heterocycles. The van der Waals surface area contributed by atoms with E-state index in [1.165, 1.54) is 56.9 Å². The minimum absolute atomic E-state index is 0.0833. The van der Waals surface area contributed by atoms with Gasteiger partial charge in [-0.25, -0.2) is 0 Å². The third kappa shape index (κ3) is 6.41. The first-order valence-corrected chi connectivity index (χ1v) is 17.1. The van der Waals surface area contributed by atoms with E-state index < -0.39 is 7.60 Å². The third-order valence-corrected chi connectivity index (χ3v) is 12.3. The molecule has 0 bridgehead atoms. The summed E-state index contributed by atoms with van der Waals surface area (Å²) < 4.78 is 16.8. The van der Waals surface area contributed by atoms with Crippen LogP contribution in [0.3, 0.4) is 0 Å². The highest BCUT2D eigenvalue weighted by molar-refractivity contribution is 7.51. The van der Waals surface area contributed by atoms with Crippen molar-refractivity contribution in [1.82, 2.24) is 0 Å². The molecule has 0 aromatic heterocycles. The number of rotatable bonds is 10. The molecule has 212 valence electrons. The van der Waals surface area contributed by atoms with Crippen LogP contribution in [0.4, 0.5) is 0 Å². The number of allylic oxidation sites excluding steroid dienone is 1. The van der Waals surface area contributed by atoms with Gasteiger partial charge in [0.25, 0.3) is 0 Å². The van der Waals surface area contributed by atoms with Gasteiger partial charge in [-0.05, 0) is 97.7 Å². The highest BCUT2D eigenvalue weighted by Gasteiger charge is 2.59. The summed E-state index contributed by atoms with van der Waals surface area (Å²) in [6.45, 7) is 12.4. The van der Waals surface area contributed by atoms with Crippen LogP contribution in [-0.2, 0) is 14.1 Å². The minimum atomic E-state index is -4.06. The molecule has 6 heteroatoms. The van der Waals surface area contributed by atoms with Crippen molar-refractivity contribution in [3.05, 3.63) is 11.6 Å². The van der Waals surface area contributed by atoms with E-state index in [9.17, 15) is 9.36 Å². The molecule has 5 nitrogen and oxygen atoms in total. The number of fused-ring (bicyclic) bond motifs is 5. The standard InChI is InChI=1S/C31H53O5P/c1-21(2)8-6-9-22(3)26-13-14-27-25-12-11-23-20-24(36-29(32)10-7-19-37(33,34)35)15-17-30(23,4)28(25)16-18-31(26,27)5/h11,21-22,24-28H,6-10,12-20H2,1-5H3,(H2,33,34,35)/t22-,24+,25+,26-,27+,28+,30+,31-/m1/s1. The summed E-state index contributed by atoms with van der Waals surface area (Å²) >= 11 is 0. The first-order chi connectivity index (χ1) is 17.3. The van der Waals surface area contributed by atoms with Crippen LogP contribution >= 0.6 is 7.60 Å². The molecule has 0 amide bonds. The molecule has 0 aromatic rings. The molecule has 37 heavy (non-hydrogen) atoms. The monoisotopic (exact) mass is 536 g/mol. The molecule has 0 heterocycles. The first kappa shape index (κ1) is 29.3. The van der Waals surface area contributed by atoms with Gasteiger partial charge < -0.3 is 14.5 Å². The molecule has 8 atom stereocenters. The summed E-state index contributed by atoms with van der Waals surface area (Å²) in [6, 6.07) is 0. The number of carbonyl (C=O) groups excluding carboxylic acids is 1. The van der Waals surface area contributed by atoms with Gasteiger partial charge in [0.15, 0.2) is 0 Å². The fourth-order valence-corrected chi connectivity index (χ4v) is 10.00. The maximum atomic E-state index is 12.3. The van der Waals surface area contributed by atoms with Crippen molar-refractivity contribution in [3.8, 4) is 0 Å². The van der Waals surface area contributed by atoms with Crippen LogP contribution in [0.15, 0.2) is 11.6 Å². The number of hydrogen-bond donors (Lipinski definition) is 2. The molecule has 3 saturated carbocycles. The lowest BCUT2D eigenvalue weighted by molar-refractivity contribution is -0.151. The van der Waals surface area contributed by atoms with Gasteiger partial charge in [-0.1, -0.05) is 65.5 Å². The Morgan fingerprint density at radius 3 is 2.51 bits per heavy atom. The molecule has 4 aliphatic rings. The smallest absolute Gasteiger partial charge is 0.325 e. The summed E-state index contributed by atoms with van der Waals surface area (Å²) in [4.78, 5) is 30.4. The van der Waals surface area contributed by atoms with Crippen molar-refractivity contribution in [2.75, 3.05) is 6.16 Å². The molecule has 0 aromatic carbocycles. The van der Waals surface area contributed by atoms with E-state index in [1.54, 1.807) is 0 Å². The van der Waals surface area contributed by atoms with Crippen LogP contribution in [0, 0.1) is 46.3 Å². The van der Waals surface area contributed by atoms with E-state index in [0.29, 0.717) is 5.41 Å². The first-order valence-electron chi connectivity index (χ1n) is 15.3. The van der Waals surface area contributed by atoms with Crippen molar-refractivity contribution >= 4 is 13.6 Å². The predicted octanol–water partition coefficient (Wildman–Crippen LogP) is 7.90. The molecule has 4 aliphatic carbocycles. The Morgan fingerprint density at radius 1 is 1.05 bits per heavy atom. The van der Waals surface area contributed by atoms with Crippen molar-refractivity contribution in [2.45, 2.75) is 124 Å². The van der Waals surface area contributed by atoms with E-state index in [1.807, 2.05) is 0 Å². The van der Waals surface area contributed by atoms with Gasteiger partial charge in [-0.15, -0.1) is 0 Å². The van der Waals surface area contributed by atoms with E-state index in [-0.39, 0.29) is 36.5 Å². The van der Waals surface area contributed by atoms with Crippen molar-refractivity contribution in [2.24, 2.45) is 46.3 Å². The molecule has 3 fully saturated rings. The lowest BCUT2D eigenvalue weighted by atomic mass is 9.47. The normalized spacial score (nSPS) is 38.4. The molecule has 0 unspecified atom stereocenters. The average Bonchev–Trinajstić information content (AvgIpc) is 3.15. The molecule has 2 N–H and O–H groups in total. The zero-order valence-electron chi connectivity index (χ0n) is 24.1. The highest BCUT2D eigenvalue weighted by atomic mass is 31.2. The van der Waals surface area contributed by atoms with Gasteiger partial charge in [0.05, 0.1) is 6.16 Å². The Hall–Kier alpha value is -0.640. The quantitative estimate of drug-likeness (QED) is 0.168. The second-order valence-corrected chi connectivity index (χ2v) is 15.9. The van der Waals surface area contributed by atoms with E-state index >= 15 is 0 Å². The highest BCUT2D eigenvalue weighted by Crippen LogP contribution is 2.67. The summed E-state index contributed by atoms with van der Waals surface area (Å²) in [5.41, 5.74) is 2.24. The van der Waals surface area contributed by atoms with Crippen LogP contribution in [0.5, 0.6) is 0 Å². The lowest BCUT2D eigenvalue weighted by Crippen LogP contribution is -2.51. The van der Waals surface area contributed by atoms with Gasteiger partial charge in [0, 0.05) is 12.8 Å². The van der Waals surface area contributed by atoms with Gasteiger partial charge in [0.1, 0.15) is 6.10 Å². The fraction of sp³-hybridized carbons (Fsp3) is 0.903. The second-order valence-electron chi connectivity index (χ2n) is 14.1. The lowest BCUT2D eigenvalue weighted by Gasteiger charge is -2.58. The zero-order valence-corrected chi connectivity index (χ0v) is 25.0. The number of carbonyl (C=O) groups is 1. The van der Waals surface area contributed by atoms with Crippen molar-refractivity contribution in [3.63, 3.8) is 0 Å². The summed E-state index contributed by atoms with van der Waals surface area (Å²) in [7, 11) is -4.06. The maximum absolute atomic E-state index is 12.3. The number of esters is 1. The number of ether oxygens (including phenoxy) is 1. The zero-order chi connectivity index (χ0) is 27.0. The maximum Gasteiger partial charge on any atom is 0.325 e. The Morgan fingerprint density at radius 2 is 1.81 bits per heavy atom. The van der Waals surface area contributed by atoms with Crippen LogP contribution < -0.4 is 0 Å². The molecule has 0 radical (unpaired) electrons. The Bertz CT molecular complexity index is 892. The summed E-state index contributed by atoms with van der Waals surface area (Å²) in [5, 5.41) is 0. The summed E-state index contributed by atoms with van der Waals surface area (Å²) in [5.74, 6) is 4.61. The van der Waals surface area contributed by atoms with Crippen LogP contribution in [0.2, 0.25) is 0 Å². The molecule has 0 spiro atoms. The predicted molar refractivity (Wildman–Crippen MR) is 149 cm³/mol. The van der Waals surface area contributed by atoms with Crippen LogP contribution in [0.25, 0.3) is 0 Å². The van der Waals surface area contributed by atoms with Gasteiger partial charge in [-0.3, -0.25) is 9.36 Å². The van der Waals surface area contributed by atoms with E-state index in [0.717, 1.165) is 54.8 Å². The Kier molecular flexibility index (Phi) is 9.09. The Labute approximate surface area is 225 Å². The minimum Gasteiger partial charge on any atom is -0.462 e. The third-order valence-electron chi connectivity index (χ3n) is 11.4. The topological polar surface area (TPSA) is 83.8 Å². The SMILES string of the molecule is CC(C)CCC[C@@H](C)[C@H]1CC[C@H]2[C@@H]3CC=C4C[C@@H](OC(=O)CCCP(=O)(O)O)CC[C@]4(C)[C@H]3CC[C@]12C. The largest absolute Gasteiger partial charge is 0.462 e. The van der Waals surface area contributed by atoms with E-state index in [2.05, 4.69) is 40.7 Å². The molecule has 0 saturated heterocycles.